The first-order chi connectivity index (χ1) is 7.12. The van der Waals surface area contributed by atoms with Crippen molar-refractivity contribution in [2.75, 3.05) is 0 Å². The molecule has 0 N–H and O–H groups in total. The summed E-state index contributed by atoms with van der Waals surface area (Å²) in [6.45, 7) is 0. The van der Waals surface area contributed by atoms with E-state index < -0.39 is 40.8 Å². The molecule has 0 nitrogen and oxygen atoms in total. The van der Waals surface area contributed by atoms with Crippen LogP contribution in [0.15, 0.2) is 0 Å². The van der Waals surface area contributed by atoms with Gasteiger partial charge in [0.1, 0.15) is 0 Å². The lowest BCUT2D eigenvalue weighted by molar-refractivity contribution is -0.152. The van der Waals surface area contributed by atoms with Crippen LogP contribution < -0.4 is 0 Å². The summed E-state index contributed by atoms with van der Waals surface area (Å²) in [5.41, 5.74) is 0. The molecule has 0 amide bonds. The normalized spacial score (nSPS) is 15.2. The minimum Gasteiger partial charge on any atom is -0.206 e. The third-order valence-electron chi connectivity index (χ3n) is 1.44. The van der Waals surface area contributed by atoms with E-state index in [4.69, 9.17) is 0 Å². The van der Waals surface area contributed by atoms with Crippen molar-refractivity contribution in [3.8, 4) is 0 Å². The zero-order chi connectivity index (χ0) is 14.1. The molecular weight excluding hydrogens is 396 g/mol. The van der Waals surface area contributed by atoms with Crippen LogP contribution in [0.3, 0.4) is 0 Å². The first-order valence-electron chi connectivity index (χ1n) is 4.01. The summed E-state index contributed by atoms with van der Waals surface area (Å²) in [5, 5.41) is 0. The highest BCUT2D eigenvalue weighted by Crippen LogP contribution is 2.44. The molecule has 0 aliphatic heterocycles. The van der Waals surface area contributed by atoms with Crippen molar-refractivity contribution in [1.29, 1.82) is 0 Å². The van der Waals surface area contributed by atoms with E-state index in [-0.39, 0.29) is 0 Å². The highest BCUT2D eigenvalue weighted by atomic mass is 79.9. The molecule has 0 aliphatic rings. The number of alkyl halides is 10. The Kier molecular flexibility index (Phi) is 5.30. The van der Waals surface area contributed by atoms with Gasteiger partial charge in [-0.3, -0.25) is 0 Å². The number of halogens is 10. The second-order valence-corrected chi connectivity index (χ2v) is 5.79. The predicted molar refractivity (Wildman–Crippen MR) is 51.5 cm³/mol. The zero-order valence-electron chi connectivity index (χ0n) is 7.90. The maximum absolute atomic E-state index is 12.7. The van der Waals surface area contributed by atoms with E-state index in [9.17, 15) is 35.1 Å². The Morgan fingerprint density at radius 3 is 0.941 bits per heavy atom. The van der Waals surface area contributed by atoms with Gasteiger partial charge in [-0.25, -0.2) is 17.6 Å². The minimum atomic E-state index is -4.46. The summed E-state index contributed by atoms with van der Waals surface area (Å²) in [6, 6.07) is 0. The highest BCUT2D eigenvalue weighted by molar-refractivity contribution is 9.10. The van der Waals surface area contributed by atoms with Crippen LogP contribution in [0.2, 0.25) is 0 Å². The van der Waals surface area contributed by atoms with Crippen LogP contribution in [0.25, 0.3) is 0 Å². The Morgan fingerprint density at radius 2 is 0.765 bits per heavy atom. The first kappa shape index (κ1) is 17.4. The van der Waals surface area contributed by atoms with E-state index in [1.807, 2.05) is 0 Å². The summed E-state index contributed by atoms with van der Waals surface area (Å²) < 4.78 is 99.6. The van der Waals surface area contributed by atoms with Gasteiger partial charge in [0, 0.05) is 0 Å². The Morgan fingerprint density at radius 1 is 0.529 bits per heavy atom. The van der Waals surface area contributed by atoms with Crippen LogP contribution in [-0.4, -0.2) is 21.5 Å². The Bertz CT molecular complexity index is 228. The standard InChI is InChI=1S/C7H6Br2F8/c8-6(14,15)2-4(10,11)1-5(12,13)3-7(9,16)17/h1-3H2. The van der Waals surface area contributed by atoms with Crippen molar-refractivity contribution < 1.29 is 35.1 Å². The van der Waals surface area contributed by atoms with Gasteiger partial charge >= 0.3 is 9.66 Å². The molecule has 0 aromatic rings. The van der Waals surface area contributed by atoms with E-state index in [0.717, 1.165) is 0 Å². The monoisotopic (exact) mass is 400 g/mol. The number of rotatable bonds is 6. The van der Waals surface area contributed by atoms with Crippen LogP contribution in [0.1, 0.15) is 19.3 Å². The molecule has 0 rings (SSSR count). The molecule has 0 saturated heterocycles. The Balaban J connectivity index is 4.59. The second kappa shape index (κ2) is 5.18. The number of hydrogen-bond donors (Lipinski definition) is 0. The van der Waals surface area contributed by atoms with Gasteiger partial charge in [-0.05, 0) is 31.9 Å². The molecule has 104 valence electrons. The topological polar surface area (TPSA) is 0 Å². The smallest absolute Gasteiger partial charge is 0.206 e. The quantitative estimate of drug-likeness (QED) is 0.412. The Hall–Kier alpha value is 0.400. The zero-order valence-corrected chi connectivity index (χ0v) is 11.1. The van der Waals surface area contributed by atoms with Gasteiger partial charge in [0.2, 0.25) is 0 Å². The van der Waals surface area contributed by atoms with E-state index in [1.54, 1.807) is 31.9 Å². The van der Waals surface area contributed by atoms with Crippen molar-refractivity contribution in [3.63, 3.8) is 0 Å². The van der Waals surface area contributed by atoms with Crippen molar-refractivity contribution >= 4 is 31.9 Å². The third-order valence-corrected chi connectivity index (χ3v) is 2.00. The molecule has 0 unspecified atom stereocenters. The average molecular weight is 402 g/mol. The van der Waals surface area contributed by atoms with E-state index in [1.165, 1.54) is 0 Å². The molecule has 17 heavy (non-hydrogen) atoms. The molecule has 0 aromatic heterocycles. The van der Waals surface area contributed by atoms with Gasteiger partial charge in [-0.1, -0.05) is 0 Å². The molecule has 0 heterocycles. The van der Waals surface area contributed by atoms with Crippen molar-refractivity contribution in [2.45, 2.75) is 40.8 Å². The first-order valence-corrected chi connectivity index (χ1v) is 5.60. The van der Waals surface area contributed by atoms with E-state index >= 15 is 0 Å². The van der Waals surface area contributed by atoms with Gasteiger partial charge in [0.15, 0.2) is 0 Å². The SMILES string of the molecule is FC(F)(Br)CC(F)(F)CC(F)(F)CC(F)(F)Br. The van der Waals surface area contributed by atoms with Crippen LogP contribution in [0, 0.1) is 0 Å². The van der Waals surface area contributed by atoms with Gasteiger partial charge < -0.3 is 0 Å². The van der Waals surface area contributed by atoms with Gasteiger partial charge in [-0.2, -0.15) is 17.6 Å². The highest BCUT2D eigenvalue weighted by Gasteiger charge is 2.51. The van der Waals surface area contributed by atoms with E-state index in [0.29, 0.717) is 0 Å². The fourth-order valence-electron chi connectivity index (χ4n) is 1.09. The molecule has 0 spiro atoms. The lowest BCUT2D eigenvalue weighted by Gasteiger charge is -2.25. The maximum Gasteiger partial charge on any atom is 0.307 e. The van der Waals surface area contributed by atoms with Gasteiger partial charge in [0.25, 0.3) is 11.8 Å². The molecule has 0 saturated carbocycles. The van der Waals surface area contributed by atoms with Crippen LogP contribution >= 0.6 is 31.9 Å². The van der Waals surface area contributed by atoms with Gasteiger partial charge in [-0.15, -0.1) is 0 Å². The van der Waals surface area contributed by atoms with Gasteiger partial charge in [0.05, 0.1) is 19.3 Å². The van der Waals surface area contributed by atoms with Crippen LogP contribution in [0.5, 0.6) is 0 Å². The molecular formula is C7H6Br2F8. The lowest BCUT2D eigenvalue weighted by atomic mass is 10.0. The summed E-state index contributed by atoms with van der Waals surface area (Å²) in [6.07, 6.45) is -6.75. The molecule has 0 radical (unpaired) electrons. The summed E-state index contributed by atoms with van der Waals surface area (Å²) in [4.78, 5) is -8.08. The number of hydrogen-bond acceptors (Lipinski definition) is 0. The molecule has 0 bridgehead atoms. The van der Waals surface area contributed by atoms with Crippen LogP contribution in [-0.2, 0) is 0 Å². The summed E-state index contributed by atoms with van der Waals surface area (Å²) in [5.74, 6) is -8.93. The largest absolute Gasteiger partial charge is 0.307 e. The minimum absolute atomic E-state index is 1.57. The van der Waals surface area contributed by atoms with Crippen molar-refractivity contribution in [1.82, 2.24) is 0 Å². The molecule has 0 aromatic carbocycles. The van der Waals surface area contributed by atoms with Crippen molar-refractivity contribution in [2.24, 2.45) is 0 Å². The molecule has 0 aliphatic carbocycles. The molecule has 0 fully saturated rings. The molecule has 0 atom stereocenters. The fraction of sp³-hybridized carbons (Fsp3) is 1.00. The summed E-state index contributed by atoms with van der Waals surface area (Å²) >= 11 is 3.14. The van der Waals surface area contributed by atoms with E-state index in [2.05, 4.69) is 0 Å². The maximum atomic E-state index is 12.7. The fourth-order valence-corrected chi connectivity index (χ4v) is 1.91. The summed E-state index contributed by atoms with van der Waals surface area (Å²) in [7, 11) is 0. The average Bonchev–Trinajstić information content (AvgIpc) is 1.65. The Labute approximate surface area is 108 Å². The predicted octanol–water partition coefficient (Wildman–Crippen LogP) is 5.40. The molecule has 10 heteroatoms. The lowest BCUT2D eigenvalue weighted by Crippen LogP contribution is -2.35. The van der Waals surface area contributed by atoms with Crippen molar-refractivity contribution in [3.05, 3.63) is 0 Å². The third kappa shape index (κ3) is 10.0. The second-order valence-electron chi connectivity index (χ2n) is 3.47. The van der Waals surface area contributed by atoms with Crippen LogP contribution in [0.4, 0.5) is 35.1 Å².